The van der Waals surface area contributed by atoms with Crippen LogP contribution in [0.1, 0.15) is 44.9 Å². The molecule has 1 nitrogen and oxygen atoms in total. The van der Waals surface area contributed by atoms with Crippen LogP contribution in [0.4, 0.5) is 0 Å². The molecule has 0 N–H and O–H groups in total. The number of hydrogen-bond donors (Lipinski definition) is 0. The molecule has 0 unspecified atom stereocenters. The molecule has 2 heterocycles. The van der Waals surface area contributed by atoms with Crippen molar-refractivity contribution in [2.75, 3.05) is 0 Å². The number of rotatable bonds is 0. The second kappa shape index (κ2) is 5.27. The van der Waals surface area contributed by atoms with E-state index in [-0.39, 0.29) is 11.3 Å². The molecule has 10 rings (SSSR count). The van der Waals surface area contributed by atoms with Gasteiger partial charge in [-0.25, -0.2) is 0 Å². The van der Waals surface area contributed by atoms with Crippen molar-refractivity contribution in [1.29, 1.82) is 0 Å². The van der Waals surface area contributed by atoms with Gasteiger partial charge in [0.05, 0.1) is 22.1 Å². The van der Waals surface area contributed by atoms with Gasteiger partial charge >= 0.3 is 0 Å². The van der Waals surface area contributed by atoms with Crippen LogP contribution in [0.2, 0.25) is 0 Å². The first-order valence-corrected chi connectivity index (χ1v) is 11.8. The van der Waals surface area contributed by atoms with Gasteiger partial charge in [-0.3, -0.25) is 0 Å². The lowest BCUT2D eigenvalue weighted by molar-refractivity contribution is 0.620. The first kappa shape index (κ1) is 16.5. The monoisotopic (exact) mass is 417 g/mol. The van der Waals surface area contributed by atoms with E-state index in [1.165, 1.54) is 66.4 Å². The normalized spacial score (nSPS) is 20.5. The Balaban J connectivity index is 1.65. The maximum atomic E-state index is 2.54. The molecule has 33 heavy (non-hydrogen) atoms. The van der Waals surface area contributed by atoms with Crippen molar-refractivity contribution < 1.29 is 0 Å². The Hall–Kier alpha value is -4.10. The third-order valence-electron chi connectivity index (χ3n) is 8.45. The molecular weight excluding hydrogens is 398 g/mol. The summed E-state index contributed by atoms with van der Waals surface area (Å²) in [6.07, 6.45) is 0. The molecule has 1 aliphatic heterocycles. The Morgan fingerprint density at radius 1 is 0.515 bits per heavy atom. The van der Waals surface area contributed by atoms with Crippen LogP contribution in [0.5, 0.6) is 0 Å². The van der Waals surface area contributed by atoms with E-state index >= 15 is 0 Å². The zero-order chi connectivity index (χ0) is 21.3. The van der Waals surface area contributed by atoms with Crippen molar-refractivity contribution >= 4 is 21.8 Å². The maximum absolute atomic E-state index is 2.54. The van der Waals surface area contributed by atoms with Gasteiger partial charge in [0, 0.05) is 16.7 Å². The van der Waals surface area contributed by atoms with E-state index in [1.807, 2.05) is 0 Å². The summed E-state index contributed by atoms with van der Waals surface area (Å²) in [6, 6.07) is 41.2. The fraction of sp³-hybridized carbons (Fsp3) is 0.0625. The van der Waals surface area contributed by atoms with Crippen LogP contribution in [-0.2, 0) is 5.41 Å². The lowest BCUT2D eigenvalue weighted by Gasteiger charge is -2.53. The quantitative estimate of drug-likeness (QED) is 0.244. The fourth-order valence-corrected chi connectivity index (χ4v) is 7.49. The van der Waals surface area contributed by atoms with Gasteiger partial charge in [-0.2, -0.15) is 0 Å². The largest absolute Gasteiger partial charge is 0.309 e. The number of para-hydroxylation sites is 2. The summed E-state index contributed by atoms with van der Waals surface area (Å²) < 4.78 is 2.54. The van der Waals surface area contributed by atoms with E-state index in [9.17, 15) is 0 Å². The molecule has 152 valence electrons. The minimum absolute atomic E-state index is 0.280. The van der Waals surface area contributed by atoms with Crippen LogP contribution in [-0.4, -0.2) is 4.57 Å². The summed E-state index contributed by atoms with van der Waals surface area (Å²) in [5.74, 6) is 0.289. The number of benzene rings is 5. The maximum Gasteiger partial charge on any atom is 0.0751 e. The minimum atomic E-state index is -0.280. The highest BCUT2D eigenvalue weighted by Crippen LogP contribution is 2.65. The van der Waals surface area contributed by atoms with E-state index in [4.69, 9.17) is 0 Å². The first-order chi connectivity index (χ1) is 16.4. The molecule has 6 aromatic rings. The van der Waals surface area contributed by atoms with Gasteiger partial charge in [0.2, 0.25) is 0 Å². The molecule has 3 aliphatic carbocycles. The number of fused-ring (bicyclic) bond motifs is 4. The van der Waals surface area contributed by atoms with Crippen molar-refractivity contribution in [3.05, 3.63) is 148 Å². The van der Waals surface area contributed by atoms with E-state index in [0.29, 0.717) is 0 Å². The number of hydrogen-bond acceptors (Lipinski definition) is 0. The van der Waals surface area contributed by atoms with Crippen LogP contribution < -0.4 is 0 Å². The van der Waals surface area contributed by atoms with Crippen molar-refractivity contribution in [3.63, 3.8) is 0 Å². The standard InChI is InChI=1S/C32H19N/c1-4-14-24-21(10-1)29-22-11-2-5-15-25(22)32(24)26-16-7-12-20-19-9-3-6-17-27(19)33(31(20)26)28-18-8-13-23(29)30(28)32/h1-18,29H. The predicted octanol–water partition coefficient (Wildman–Crippen LogP) is 7.29. The van der Waals surface area contributed by atoms with Crippen LogP contribution in [0.15, 0.2) is 109 Å². The molecule has 4 aliphatic rings. The molecule has 1 aromatic heterocycles. The second-order valence-electron chi connectivity index (χ2n) is 9.65. The Morgan fingerprint density at radius 3 is 1.94 bits per heavy atom. The minimum Gasteiger partial charge on any atom is -0.309 e. The summed E-state index contributed by atoms with van der Waals surface area (Å²) in [5, 5.41) is 2.68. The number of nitrogens with zero attached hydrogens (tertiary/aromatic N) is 1. The van der Waals surface area contributed by atoms with Gasteiger partial charge in [-0.1, -0.05) is 97.1 Å². The van der Waals surface area contributed by atoms with Crippen LogP contribution in [0.25, 0.3) is 27.5 Å². The van der Waals surface area contributed by atoms with E-state index < -0.39 is 0 Å². The Labute approximate surface area is 191 Å². The molecule has 0 saturated carbocycles. The lowest BCUT2D eigenvalue weighted by Crippen LogP contribution is -2.45. The summed E-state index contributed by atoms with van der Waals surface area (Å²) in [4.78, 5) is 0. The summed E-state index contributed by atoms with van der Waals surface area (Å²) in [7, 11) is 0. The zero-order valence-corrected chi connectivity index (χ0v) is 17.9. The third kappa shape index (κ3) is 1.58. The molecular formula is C32H19N. The van der Waals surface area contributed by atoms with Crippen molar-refractivity contribution in [2.45, 2.75) is 11.3 Å². The topological polar surface area (TPSA) is 4.93 Å². The fourth-order valence-electron chi connectivity index (χ4n) is 7.49. The molecule has 2 bridgehead atoms. The zero-order valence-electron chi connectivity index (χ0n) is 17.9. The summed E-state index contributed by atoms with van der Waals surface area (Å²) in [6.45, 7) is 0. The van der Waals surface area contributed by atoms with Crippen LogP contribution >= 0.6 is 0 Å². The molecule has 0 saturated heterocycles. The van der Waals surface area contributed by atoms with Crippen molar-refractivity contribution in [3.8, 4) is 5.69 Å². The van der Waals surface area contributed by atoms with Crippen molar-refractivity contribution in [2.24, 2.45) is 0 Å². The molecule has 5 aromatic carbocycles. The Kier molecular flexibility index (Phi) is 2.64. The Morgan fingerprint density at radius 2 is 1.12 bits per heavy atom. The molecule has 0 fully saturated rings. The molecule has 0 atom stereocenters. The average molecular weight is 418 g/mol. The van der Waals surface area contributed by atoms with E-state index in [2.05, 4.69) is 114 Å². The van der Waals surface area contributed by atoms with Gasteiger partial charge in [-0.15, -0.1) is 0 Å². The molecule has 0 radical (unpaired) electrons. The highest BCUT2D eigenvalue weighted by molar-refractivity contribution is 6.12. The van der Waals surface area contributed by atoms with E-state index in [0.717, 1.165) is 0 Å². The van der Waals surface area contributed by atoms with Gasteiger partial charge < -0.3 is 4.57 Å². The van der Waals surface area contributed by atoms with Crippen molar-refractivity contribution in [1.82, 2.24) is 4.57 Å². The van der Waals surface area contributed by atoms with Gasteiger partial charge in [0.25, 0.3) is 0 Å². The highest BCUT2D eigenvalue weighted by atomic mass is 15.0. The Bertz CT molecular complexity index is 1790. The summed E-state index contributed by atoms with van der Waals surface area (Å²) in [5.41, 5.74) is 13.9. The lowest BCUT2D eigenvalue weighted by atomic mass is 9.50. The second-order valence-corrected chi connectivity index (χ2v) is 9.65. The van der Waals surface area contributed by atoms with Crippen LogP contribution in [0.3, 0.4) is 0 Å². The predicted molar refractivity (Wildman–Crippen MR) is 134 cm³/mol. The number of aromatic nitrogens is 1. The smallest absolute Gasteiger partial charge is 0.0751 e. The van der Waals surface area contributed by atoms with Gasteiger partial charge in [0.15, 0.2) is 0 Å². The molecule has 1 heteroatoms. The van der Waals surface area contributed by atoms with E-state index in [1.54, 1.807) is 0 Å². The highest BCUT2D eigenvalue weighted by Gasteiger charge is 2.56. The van der Waals surface area contributed by atoms with Gasteiger partial charge in [0.1, 0.15) is 0 Å². The summed E-state index contributed by atoms with van der Waals surface area (Å²) >= 11 is 0. The van der Waals surface area contributed by atoms with Gasteiger partial charge in [-0.05, 0) is 51.1 Å². The SMILES string of the molecule is c1ccc2c(c1)C1c3ccccc3C23c2c1cccc2-n1c2ccccc2c2cccc3c21. The molecule has 1 spiro atoms. The van der Waals surface area contributed by atoms with Crippen LogP contribution in [0, 0.1) is 0 Å². The third-order valence-corrected chi connectivity index (χ3v) is 8.45. The first-order valence-electron chi connectivity index (χ1n) is 11.8. The average Bonchev–Trinajstić information content (AvgIpc) is 3.23. The molecule has 0 amide bonds.